The summed E-state index contributed by atoms with van der Waals surface area (Å²) in [6.07, 6.45) is 0. The van der Waals surface area contributed by atoms with Gasteiger partial charge in [-0.05, 0) is 44.8 Å². The highest BCUT2D eigenvalue weighted by molar-refractivity contribution is 6.62. The van der Waals surface area contributed by atoms with Crippen LogP contribution in [0, 0.1) is 5.82 Å². The van der Waals surface area contributed by atoms with Gasteiger partial charge in [-0.15, -0.1) is 0 Å². The van der Waals surface area contributed by atoms with Gasteiger partial charge in [0.15, 0.2) is 0 Å². The van der Waals surface area contributed by atoms with Crippen LogP contribution in [0.15, 0.2) is 48.5 Å². The smallest absolute Gasteiger partial charge is 0.399 e. The molecule has 0 aliphatic carbocycles. The zero-order valence-electron chi connectivity index (χ0n) is 13.4. The van der Waals surface area contributed by atoms with Crippen LogP contribution in [0.1, 0.15) is 27.7 Å². The van der Waals surface area contributed by atoms with Crippen LogP contribution in [0.2, 0.25) is 0 Å². The Morgan fingerprint density at radius 1 is 0.864 bits per heavy atom. The maximum Gasteiger partial charge on any atom is 0.494 e. The number of hydrogen-bond donors (Lipinski definition) is 0. The Labute approximate surface area is 131 Å². The zero-order valence-corrected chi connectivity index (χ0v) is 13.4. The molecule has 0 atom stereocenters. The van der Waals surface area contributed by atoms with Crippen molar-refractivity contribution in [3.63, 3.8) is 0 Å². The predicted octanol–water partition coefficient (Wildman–Crippen LogP) is 3.79. The minimum atomic E-state index is -0.479. The summed E-state index contributed by atoms with van der Waals surface area (Å²) < 4.78 is 26.2. The van der Waals surface area contributed by atoms with Gasteiger partial charge in [0.2, 0.25) is 0 Å². The average molecular weight is 298 g/mol. The molecule has 1 fully saturated rings. The van der Waals surface area contributed by atoms with Crippen LogP contribution in [-0.4, -0.2) is 18.3 Å². The minimum Gasteiger partial charge on any atom is -0.399 e. The molecule has 0 amide bonds. The molecule has 0 radical (unpaired) electrons. The van der Waals surface area contributed by atoms with Gasteiger partial charge in [0.1, 0.15) is 5.82 Å². The van der Waals surface area contributed by atoms with Gasteiger partial charge in [0.05, 0.1) is 11.2 Å². The van der Waals surface area contributed by atoms with Crippen LogP contribution < -0.4 is 5.46 Å². The number of rotatable bonds is 2. The molecule has 4 heteroatoms. The largest absolute Gasteiger partial charge is 0.494 e. The highest BCUT2D eigenvalue weighted by atomic mass is 19.1. The number of halogens is 1. The lowest BCUT2D eigenvalue weighted by atomic mass is 9.78. The molecule has 1 saturated heterocycles. The molecule has 1 heterocycles. The summed E-state index contributed by atoms with van der Waals surface area (Å²) in [6.45, 7) is 8.03. The van der Waals surface area contributed by atoms with Gasteiger partial charge in [-0.2, -0.15) is 0 Å². The van der Waals surface area contributed by atoms with Crippen LogP contribution in [0.25, 0.3) is 11.1 Å². The Kier molecular flexibility index (Phi) is 3.62. The Morgan fingerprint density at radius 2 is 1.45 bits per heavy atom. The molecule has 0 N–H and O–H groups in total. The highest BCUT2D eigenvalue weighted by Crippen LogP contribution is 2.36. The van der Waals surface area contributed by atoms with Crippen LogP contribution in [-0.2, 0) is 9.31 Å². The van der Waals surface area contributed by atoms with Crippen LogP contribution in [0.4, 0.5) is 4.39 Å². The molecule has 0 unspecified atom stereocenters. The molecule has 114 valence electrons. The second-order valence-corrected chi connectivity index (χ2v) is 6.69. The van der Waals surface area contributed by atoms with Gasteiger partial charge in [0, 0.05) is 5.56 Å². The van der Waals surface area contributed by atoms with Crippen molar-refractivity contribution in [2.45, 2.75) is 38.9 Å². The molecule has 1 aliphatic heterocycles. The summed E-state index contributed by atoms with van der Waals surface area (Å²) in [5.41, 5.74) is 1.43. The molecule has 0 aromatic heterocycles. The van der Waals surface area contributed by atoms with E-state index in [-0.39, 0.29) is 5.82 Å². The van der Waals surface area contributed by atoms with Gasteiger partial charge in [-0.3, -0.25) is 0 Å². The van der Waals surface area contributed by atoms with Crippen molar-refractivity contribution >= 4 is 12.6 Å². The molecule has 1 aliphatic rings. The molecule has 3 rings (SSSR count). The third-order valence-corrected chi connectivity index (χ3v) is 4.60. The molecule has 2 nitrogen and oxygen atoms in total. The maximum absolute atomic E-state index is 14.2. The molecular formula is C18H20BFO2. The van der Waals surface area contributed by atoms with E-state index in [4.69, 9.17) is 9.31 Å². The van der Waals surface area contributed by atoms with Crippen molar-refractivity contribution in [1.82, 2.24) is 0 Å². The molecule has 0 bridgehead atoms. The molecule has 22 heavy (non-hydrogen) atoms. The van der Waals surface area contributed by atoms with Gasteiger partial charge < -0.3 is 9.31 Å². The standard InChI is InChI=1S/C18H20BFO2/c1-17(2)18(3,4)22-19(21-17)14-10-11-16(20)15(12-14)13-8-6-5-7-9-13/h5-12H,1-4H3. The van der Waals surface area contributed by atoms with E-state index >= 15 is 0 Å². The van der Waals surface area contributed by atoms with Crippen molar-refractivity contribution in [2.24, 2.45) is 0 Å². The number of hydrogen-bond acceptors (Lipinski definition) is 2. The van der Waals surface area contributed by atoms with E-state index in [1.54, 1.807) is 6.07 Å². The van der Waals surface area contributed by atoms with E-state index in [2.05, 4.69) is 0 Å². The van der Waals surface area contributed by atoms with Crippen molar-refractivity contribution in [3.05, 3.63) is 54.3 Å². The van der Waals surface area contributed by atoms with E-state index in [1.807, 2.05) is 64.1 Å². The van der Waals surface area contributed by atoms with Gasteiger partial charge in [0.25, 0.3) is 0 Å². The first kappa shape index (κ1) is 15.3. The van der Waals surface area contributed by atoms with E-state index in [0.717, 1.165) is 11.0 Å². The second-order valence-electron chi connectivity index (χ2n) is 6.69. The summed E-state index contributed by atoms with van der Waals surface area (Å²) in [5.74, 6) is -0.244. The van der Waals surface area contributed by atoms with E-state index < -0.39 is 18.3 Å². The summed E-state index contributed by atoms with van der Waals surface area (Å²) in [4.78, 5) is 0. The highest BCUT2D eigenvalue weighted by Gasteiger charge is 2.51. The van der Waals surface area contributed by atoms with Gasteiger partial charge in [-0.1, -0.05) is 42.5 Å². The van der Waals surface area contributed by atoms with Crippen molar-refractivity contribution in [2.75, 3.05) is 0 Å². The monoisotopic (exact) mass is 298 g/mol. The van der Waals surface area contributed by atoms with E-state index in [1.165, 1.54) is 6.07 Å². The van der Waals surface area contributed by atoms with Crippen LogP contribution in [0.3, 0.4) is 0 Å². The third kappa shape index (κ3) is 2.57. The Bertz CT molecular complexity index is 667. The normalized spacial score (nSPS) is 19.4. The summed E-state index contributed by atoms with van der Waals surface area (Å²) in [7, 11) is -0.479. The van der Waals surface area contributed by atoms with Crippen molar-refractivity contribution < 1.29 is 13.7 Å². The van der Waals surface area contributed by atoms with Gasteiger partial charge in [-0.25, -0.2) is 4.39 Å². The molecule has 0 saturated carbocycles. The predicted molar refractivity (Wildman–Crippen MR) is 87.6 cm³/mol. The fraction of sp³-hybridized carbons (Fsp3) is 0.333. The summed E-state index contributed by atoms with van der Waals surface area (Å²) in [5, 5.41) is 0. The zero-order chi connectivity index (χ0) is 16.0. The topological polar surface area (TPSA) is 18.5 Å². The van der Waals surface area contributed by atoms with Gasteiger partial charge >= 0.3 is 7.12 Å². The van der Waals surface area contributed by atoms with Crippen molar-refractivity contribution in [3.8, 4) is 11.1 Å². The lowest BCUT2D eigenvalue weighted by molar-refractivity contribution is 0.00578. The second kappa shape index (κ2) is 5.22. The first-order chi connectivity index (χ1) is 10.3. The van der Waals surface area contributed by atoms with E-state index in [9.17, 15) is 4.39 Å². The Balaban J connectivity index is 1.98. The van der Waals surface area contributed by atoms with Crippen LogP contribution >= 0.6 is 0 Å². The molecule has 0 spiro atoms. The maximum atomic E-state index is 14.2. The van der Waals surface area contributed by atoms with E-state index in [0.29, 0.717) is 5.56 Å². The molecule has 2 aromatic rings. The number of benzene rings is 2. The minimum absolute atomic E-state index is 0.244. The fourth-order valence-electron chi connectivity index (χ4n) is 2.51. The van der Waals surface area contributed by atoms with Crippen molar-refractivity contribution in [1.29, 1.82) is 0 Å². The first-order valence-electron chi connectivity index (χ1n) is 7.51. The SMILES string of the molecule is CC1(C)OB(c2ccc(F)c(-c3ccccc3)c2)OC1(C)C. The molecular weight excluding hydrogens is 278 g/mol. The average Bonchev–Trinajstić information content (AvgIpc) is 2.69. The molecule has 2 aromatic carbocycles. The summed E-state index contributed by atoms with van der Waals surface area (Å²) in [6, 6.07) is 14.5. The first-order valence-corrected chi connectivity index (χ1v) is 7.51. The fourth-order valence-corrected chi connectivity index (χ4v) is 2.51. The summed E-state index contributed by atoms with van der Waals surface area (Å²) >= 11 is 0. The lowest BCUT2D eigenvalue weighted by Gasteiger charge is -2.32. The lowest BCUT2D eigenvalue weighted by Crippen LogP contribution is -2.41. The Hall–Kier alpha value is -1.65. The third-order valence-electron chi connectivity index (χ3n) is 4.60. The quantitative estimate of drug-likeness (QED) is 0.785. The Morgan fingerprint density at radius 3 is 2.05 bits per heavy atom. The van der Waals surface area contributed by atoms with Crippen LogP contribution in [0.5, 0.6) is 0 Å².